The molecule has 1 aromatic carbocycles. The molecule has 18 heavy (non-hydrogen) atoms. The Bertz CT molecular complexity index is 498. The number of hydrogen-bond acceptors (Lipinski definition) is 3. The van der Waals surface area contributed by atoms with Gasteiger partial charge in [0.25, 0.3) is 0 Å². The summed E-state index contributed by atoms with van der Waals surface area (Å²) in [5.41, 5.74) is 9.81. The number of carbonyl (C=O) groups excluding carboxylic acids is 1. The van der Waals surface area contributed by atoms with Crippen molar-refractivity contribution >= 4 is 23.0 Å². The van der Waals surface area contributed by atoms with Crippen molar-refractivity contribution in [1.82, 2.24) is 0 Å². The second-order valence-corrected chi connectivity index (χ2v) is 5.50. The van der Waals surface area contributed by atoms with Gasteiger partial charge in [0, 0.05) is 18.7 Å². The van der Waals surface area contributed by atoms with Gasteiger partial charge in [-0.05, 0) is 42.4 Å². The summed E-state index contributed by atoms with van der Waals surface area (Å²) in [6.07, 6.45) is 2.64. The van der Waals surface area contributed by atoms with Gasteiger partial charge in [-0.25, -0.2) is 0 Å². The molecule has 2 atom stereocenters. The van der Waals surface area contributed by atoms with E-state index in [4.69, 9.17) is 5.73 Å². The fraction of sp³-hybridized carbons (Fsp3) is 0.500. The second-order valence-electron chi connectivity index (χ2n) is 5.50. The van der Waals surface area contributed by atoms with Crippen molar-refractivity contribution in [2.75, 3.05) is 22.9 Å². The minimum absolute atomic E-state index is 0.0917. The lowest BCUT2D eigenvalue weighted by atomic mass is 10.0. The molecule has 1 amide bonds. The van der Waals surface area contributed by atoms with Crippen molar-refractivity contribution < 1.29 is 4.79 Å². The number of hydrogen-bond donors (Lipinski definition) is 3. The Morgan fingerprint density at radius 1 is 1.44 bits per heavy atom. The molecule has 96 valence electrons. The van der Waals surface area contributed by atoms with Gasteiger partial charge in [-0.2, -0.15) is 0 Å². The van der Waals surface area contributed by atoms with Gasteiger partial charge in [-0.15, -0.1) is 0 Å². The first-order valence-corrected chi connectivity index (χ1v) is 6.59. The molecular formula is C14H19N3O. The van der Waals surface area contributed by atoms with Crippen LogP contribution in [0, 0.1) is 11.8 Å². The van der Waals surface area contributed by atoms with Crippen molar-refractivity contribution in [3.63, 3.8) is 0 Å². The number of aryl methyl sites for hydroxylation is 1. The standard InChI is InChI=1S/C14H19N3O/c1-8-4-10(8)7-16-13-6-12-9(5-11(13)15)2-3-14(18)17-12/h5-6,8,10,16H,2-4,7,15H2,1H3,(H,17,18). The lowest BCUT2D eigenvalue weighted by Gasteiger charge is -2.19. The van der Waals surface area contributed by atoms with Crippen molar-refractivity contribution in [3.8, 4) is 0 Å². The Hall–Kier alpha value is -1.71. The summed E-state index contributed by atoms with van der Waals surface area (Å²) >= 11 is 0. The van der Waals surface area contributed by atoms with E-state index in [0.29, 0.717) is 6.42 Å². The van der Waals surface area contributed by atoms with Gasteiger partial charge in [0.1, 0.15) is 0 Å². The first-order valence-electron chi connectivity index (χ1n) is 6.59. The zero-order valence-electron chi connectivity index (χ0n) is 10.6. The van der Waals surface area contributed by atoms with Gasteiger partial charge in [0.05, 0.1) is 11.4 Å². The maximum absolute atomic E-state index is 11.4. The summed E-state index contributed by atoms with van der Waals surface area (Å²) in [5, 5.41) is 6.30. The highest BCUT2D eigenvalue weighted by Gasteiger charge is 2.32. The van der Waals surface area contributed by atoms with Crippen LogP contribution in [0.15, 0.2) is 12.1 Å². The van der Waals surface area contributed by atoms with Crippen molar-refractivity contribution in [1.29, 1.82) is 0 Å². The third-order valence-electron chi connectivity index (χ3n) is 4.00. The van der Waals surface area contributed by atoms with Crippen LogP contribution in [-0.2, 0) is 11.2 Å². The van der Waals surface area contributed by atoms with E-state index < -0.39 is 0 Å². The van der Waals surface area contributed by atoms with E-state index in [9.17, 15) is 4.79 Å². The van der Waals surface area contributed by atoms with E-state index in [2.05, 4.69) is 17.6 Å². The van der Waals surface area contributed by atoms with Gasteiger partial charge < -0.3 is 16.4 Å². The molecule has 1 saturated carbocycles. The summed E-state index contributed by atoms with van der Waals surface area (Å²) in [7, 11) is 0. The highest BCUT2D eigenvalue weighted by atomic mass is 16.1. The van der Waals surface area contributed by atoms with Crippen LogP contribution in [-0.4, -0.2) is 12.5 Å². The van der Waals surface area contributed by atoms with E-state index in [1.54, 1.807) is 0 Å². The average molecular weight is 245 g/mol. The lowest BCUT2D eigenvalue weighted by molar-refractivity contribution is -0.116. The molecule has 0 radical (unpaired) electrons. The van der Waals surface area contributed by atoms with Crippen LogP contribution < -0.4 is 16.4 Å². The number of fused-ring (bicyclic) bond motifs is 1. The predicted octanol–water partition coefficient (Wildman–Crippen LogP) is 2.22. The SMILES string of the molecule is CC1CC1CNc1cc2c(cc1N)CCC(=O)N2. The normalized spacial score (nSPS) is 25.3. The zero-order valence-corrected chi connectivity index (χ0v) is 10.6. The van der Waals surface area contributed by atoms with E-state index in [1.807, 2.05) is 12.1 Å². The molecular weight excluding hydrogens is 226 g/mol. The molecule has 1 aliphatic carbocycles. The molecule has 4 nitrogen and oxygen atoms in total. The Kier molecular flexibility index (Phi) is 2.65. The molecule has 2 unspecified atom stereocenters. The first kappa shape index (κ1) is 11.4. The number of amides is 1. The molecule has 3 rings (SSSR count). The van der Waals surface area contributed by atoms with Crippen LogP contribution >= 0.6 is 0 Å². The van der Waals surface area contributed by atoms with Crippen molar-refractivity contribution in [2.24, 2.45) is 11.8 Å². The summed E-state index contributed by atoms with van der Waals surface area (Å²) in [6.45, 7) is 3.24. The minimum Gasteiger partial charge on any atom is -0.397 e. The molecule has 2 aliphatic rings. The summed E-state index contributed by atoms with van der Waals surface area (Å²) in [6, 6.07) is 3.95. The third-order valence-corrected chi connectivity index (χ3v) is 4.00. The summed E-state index contributed by atoms with van der Waals surface area (Å²) in [5.74, 6) is 1.69. The molecule has 1 aliphatic heterocycles. The minimum atomic E-state index is 0.0917. The number of nitrogen functional groups attached to an aromatic ring is 1. The van der Waals surface area contributed by atoms with Gasteiger partial charge in [0.15, 0.2) is 0 Å². The van der Waals surface area contributed by atoms with Crippen LogP contribution in [0.4, 0.5) is 17.1 Å². The van der Waals surface area contributed by atoms with E-state index in [-0.39, 0.29) is 5.91 Å². The first-order chi connectivity index (χ1) is 8.63. The predicted molar refractivity (Wildman–Crippen MR) is 73.6 cm³/mol. The van der Waals surface area contributed by atoms with Crippen LogP contribution in [0.25, 0.3) is 0 Å². The van der Waals surface area contributed by atoms with Gasteiger partial charge in [-0.1, -0.05) is 6.92 Å². The van der Waals surface area contributed by atoms with Crippen LogP contribution in [0.3, 0.4) is 0 Å². The van der Waals surface area contributed by atoms with Crippen LogP contribution in [0.5, 0.6) is 0 Å². The smallest absolute Gasteiger partial charge is 0.224 e. The average Bonchev–Trinajstić information content (AvgIpc) is 3.03. The molecule has 1 heterocycles. The van der Waals surface area contributed by atoms with E-state index in [1.165, 1.54) is 6.42 Å². The third kappa shape index (κ3) is 2.15. The number of nitrogens with two attached hydrogens (primary N) is 1. The number of rotatable bonds is 3. The Balaban J connectivity index is 1.77. The van der Waals surface area contributed by atoms with Crippen molar-refractivity contribution in [3.05, 3.63) is 17.7 Å². The molecule has 4 heteroatoms. The molecule has 0 aromatic heterocycles. The highest BCUT2D eigenvalue weighted by Crippen LogP contribution is 2.38. The zero-order chi connectivity index (χ0) is 12.7. The maximum atomic E-state index is 11.4. The van der Waals surface area contributed by atoms with Gasteiger partial charge in [-0.3, -0.25) is 4.79 Å². The largest absolute Gasteiger partial charge is 0.397 e. The molecule has 0 spiro atoms. The fourth-order valence-electron chi connectivity index (χ4n) is 2.53. The highest BCUT2D eigenvalue weighted by molar-refractivity contribution is 5.95. The monoisotopic (exact) mass is 245 g/mol. The molecule has 0 bridgehead atoms. The summed E-state index contributed by atoms with van der Waals surface area (Å²) in [4.78, 5) is 11.4. The maximum Gasteiger partial charge on any atom is 0.224 e. The van der Waals surface area contributed by atoms with Crippen LogP contribution in [0.2, 0.25) is 0 Å². The van der Waals surface area contributed by atoms with Gasteiger partial charge >= 0.3 is 0 Å². The molecule has 1 fully saturated rings. The Morgan fingerprint density at radius 3 is 2.94 bits per heavy atom. The van der Waals surface area contributed by atoms with Crippen LogP contribution in [0.1, 0.15) is 25.3 Å². The summed E-state index contributed by atoms with van der Waals surface area (Å²) < 4.78 is 0. The topological polar surface area (TPSA) is 67.1 Å². The number of anilines is 3. The molecule has 1 aromatic rings. The fourth-order valence-corrected chi connectivity index (χ4v) is 2.53. The Labute approximate surface area is 107 Å². The number of carbonyl (C=O) groups is 1. The number of benzene rings is 1. The quantitative estimate of drug-likeness (QED) is 0.715. The Morgan fingerprint density at radius 2 is 2.22 bits per heavy atom. The molecule has 4 N–H and O–H groups in total. The van der Waals surface area contributed by atoms with E-state index in [0.717, 1.165) is 47.4 Å². The lowest BCUT2D eigenvalue weighted by Crippen LogP contribution is -2.19. The number of nitrogens with one attached hydrogen (secondary N) is 2. The van der Waals surface area contributed by atoms with Crippen molar-refractivity contribution in [2.45, 2.75) is 26.2 Å². The van der Waals surface area contributed by atoms with E-state index >= 15 is 0 Å². The van der Waals surface area contributed by atoms with Gasteiger partial charge in [0.2, 0.25) is 5.91 Å². The molecule has 0 saturated heterocycles. The second kappa shape index (κ2) is 4.19.